The van der Waals surface area contributed by atoms with Crippen LogP contribution >= 0.6 is 0 Å². The third-order valence-electron chi connectivity index (χ3n) is 4.29. The summed E-state index contributed by atoms with van der Waals surface area (Å²) in [5.41, 5.74) is 2.09. The maximum atomic E-state index is 12.5. The summed E-state index contributed by atoms with van der Waals surface area (Å²) in [6, 6.07) is 5.71. The number of rotatable bonds is 5. The van der Waals surface area contributed by atoms with Crippen molar-refractivity contribution in [2.24, 2.45) is 0 Å². The molecule has 0 aliphatic carbocycles. The van der Waals surface area contributed by atoms with Gasteiger partial charge in [-0.2, -0.15) is 5.10 Å². The molecule has 1 fully saturated rings. The first-order valence-corrected chi connectivity index (χ1v) is 8.64. The van der Waals surface area contributed by atoms with Gasteiger partial charge in [0, 0.05) is 30.9 Å². The molecular weight excluding hydrogens is 318 g/mol. The lowest BCUT2D eigenvalue weighted by Gasteiger charge is -2.21. The molecule has 2 atom stereocenters. The Morgan fingerprint density at radius 2 is 2.32 bits per heavy atom. The maximum absolute atomic E-state index is 12.5. The van der Waals surface area contributed by atoms with Crippen LogP contribution in [0.25, 0.3) is 0 Å². The third-order valence-corrected chi connectivity index (χ3v) is 4.29. The van der Waals surface area contributed by atoms with E-state index in [4.69, 9.17) is 4.74 Å². The number of likely N-dealkylation sites (tertiary alicyclic amines) is 1. The summed E-state index contributed by atoms with van der Waals surface area (Å²) in [6.45, 7) is 7.94. The standard InChI is InChI=1S/C18H25N5O2/c1-13-9-15(3)23(21-13)11-14(2)20-18(24)22-8-6-17(12-22)25-16-5-4-7-19-10-16/h4-5,7,9-10,14,17H,6,8,11-12H2,1-3H3,(H,20,24). The summed E-state index contributed by atoms with van der Waals surface area (Å²) < 4.78 is 7.81. The number of nitrogens with one attached hydrogen (secondary N) is 1. The number of urea groups is 1. The first-order valence-electron chi connectivity index (χ1n) is 8.64. The number of amides is 2. The number of carbonyl (C=O) groups excluding carboxylic acids is 1. The summed E-state index contributed by atoms with van der Waals surface area (Å²) in [5, 5.41) is 7.49. The highest BCUT2D eigenvalue weighted by molar-refractivity contribution is 5.74. The van der Waals surface area contributed by atoms with Crippen molar-refractivity contribution >= 4 is 6.03 Å². The van der Waals surface area contributed by atoms with Gasteiger partial charge in [0.1, 0.15) is 11.9 Å². The van der Waals surface area contributed by atoms with Crippen molar-refractivity contribution in [3.63, 3.8) is 0 Å². The minimum Gasteiger partial charge on any atom is -0.487 e. The van der Waals surface area contributed by atoms with E-state index in [2.05, 4.69) is 15.4 Å². The smallest absolute Gasteiger partial charge is 0.317 e. The molecule has 3 rings (SSSR count). The summed E-state index contributed by atoms with van der Waals surface area (Å²) in [4.78, 5) is 18.3. The van der Waals surface area contributed by atoms with Gasteiger partial charge in [-0.3, -0.25) is 9.67 Å². The first kappa shape index (κ1) is 17.3. The number of hydrogen-bond donors (Lipinski definition) is 1. The molecule has 25 heavy (non-hydrogen) atoms. The van der Waals surface area contributed by atoms with Crippen molar-refractivity contribution in [1.29, 1.82) is 0 Å². The van der Waals surface area contributed by atoms with Gasteiger partial charge in [0.2, 0.25) is 0 Å². The molecule has 7 nitrogen and oxygen atoms in total. The molecule has 1 aliphatic rings. The van der Waals surface area contributed by atoms with Crippen molar-refractivity contribution < 1.29 is 9.53 Å². The second-order valence-electron chi connectivity index (χ2n) is 6.62. The predicted octanol–water partition coefficient (Wildman–Crippen LogP) is 2.15. The van der Waals surface area contributed by atoms with Gasteiger partial charge in [0.05, 0.1) is 25.0 Å². The van der Waals surface area contributed by atoms with Crippen LogP contribution in [0.2, 0.25) is 0 Å². The number of ether oxygens (including phenoxy) is 1. The Bertz CT molecular complexity index is 716. The van der Waals surface area contributed by atoms with Crippen molar-refractivity contribution in [3.8, 4) is 5.75 Å². The van der Waals surface area contributed by atoms with Crippen LogP contribution in [0, 0.1) is 13.8 Å². The molecular formula is C18H25N5O2. The number of nitrogens with zero attached hydrogens (tertiary/aromatic N) is 4. The Morgan fingerprint density at radius 3 is 3.00 bits per heavy atom. The number of aryl methyl sites for hydroxylation is 2. The van der Waals surface area contributed by atoms with Crippen LogP contribution in [0.3, 0.4) is 0 Å². The lowest BCUT2D eigenvalue weighted by molar-refractivity contribution is 0.183. The van der Waals surface area contributed by atoms with Crippen LogP contribution in [0.5, 0.6) is 5.75 Å². The van der Waals surface area contributed by atoms with E-state index in [0.29, 0.717) is 19.6 Å². The van der Waals surface area contributed by atoms with Crippen LogP contribution in [-0.2, 0) is 6.54 Å². The molecule has 3 heterocycles. The van der Waals surface area contributed by atoms with E-state index in [1.165, 1.54) is 0 Å². The lowest BCUT2D eigenvalue weighted by atomic mass is 10.3. The Hall–Kier alpha value is -2.57. The molecule has 0 saturated carbocycles. The lowest BCUT2D eigenvalue weighted by Crippen LogP contribution is -2.44. The van der Waals surface area contributed by atoms with E-state index in [9.17, 15) is 4.79 Å². The highest BCUT2D eigenvalue weighted by Gasteiger charge is 2.28. The largest absolute Gasteiger partial charge is 0.487 e. The third kappa shape index (κ3) is 4.49. The molecule has 2 amide bonds. The average molecular weight is 343 g/mol. The Morgan fingerprint density at radius 1 is 1.48 bits per heavy atom. The molecule has 134 valence electrons. The minimum absolute atomic E-state index is 0.00351. The molecule has 7 heteroatoms. The summed E-state index contributed by atoms with van der Waals surface area (Å²) in [7, 11) is 0. The van der Waals surface area contributed by atoms with E-state index in [1.807, 2.05) is 43.7 Å². The fourth-order valence-corrected chi connectivity index (χ4v) is 3.09. The highest BCUT2D eigenvalue weighted by Crippen LogP contribution is 2.17. The molecule has 1 N–H and O–H groups in total. The predicted molar refractivity (Wildman–Crippen MR) is 94.5 cm³/mol. The van der Waals surface area contributed by atoms with E-state index in [0.717, 1.165) is 23.6 Å². The Labute approximate surface area is 148 Å². The monoisotopic (exact) mass is 343 g/mol. The zero-order chi connectivity index (χ0) is 17.8. The minimum atomic E-state index is -0.0497. The molecule has 1 aliphatic heterocycles. The van der Waals surface area contributed by atoms with Gasteiger partial charge in [0.25, 0.3) is 0 Å². The SMILES string of the molecule is Cc1cc(C)n(CC(C)NC(=O)N2CCC(Oc3cccnc3)C2)n1. The van der Waals surface area contributed by atoms with Crippen LogP contribution in [0.1, 0.15) is 24.7 Å². The van der Waals surface area contributed by atoms with Crippen molar-refractivity contribution in [1.82, 2.24) is 25.0 Å². The summed E-state index contributed by atoms with van der Waals surface area (Å²) in [6.07, 6.45) is 4.25. The second-order valence-corrected chi connectivity index (χ2v) is 6.62. The van der Waals surface area contributed by atoms with Crippen molar-refractivity contribution in [3.05, 3.63) is 42.0 Å². The molecule has 0 aromatic carbocycles. The fourth-order valence-electron chi connectivity index (χ4n) is 3.09. The zero-order valence-corrected chi connectivity index (χ0v) is 15.0. The molecule has 2 aromatic heterocycles. The van der Waals surface area contributed by atoms with Crippen molar-refractivity contribution in [2.45, 2.75) is 45.9 Å². The van der Waals surface area contributed by atoms with Gasteiger partial charge in [-0.1, -0.05) is 0 Å². The van der Waals surface area contributed by atoms with Crippen LogP contribution in [0.15, 0.2) is 30.6 Å². The van der Waals surface area contributed by atoms with Gasteiger partial charge < -0.3 is 15.0 Å². The normalized spacial score (nSPS) is 18.2. The number of aromatic nitrogens is 3. The first-order chi connectivity index (χ1) is 12.0. The maximum Gasteiger partial charge on any atom is 0.317 e. The second kappa shape index (κ2) is 7.55. The molecule has 2 aromatic rings. The molecule has 1 saturated heterocycles. The van der Waals surface area contributed by atoms with E-state index in [1.54, 1.807) is 17.3 Å². The average Bonchev–Trinajstić information content (AvgIpc) is 3.15. The molecule has 0 spiro atoms. The van der Waals surface area contributed by atoms with Crippen LogP contribution in [0.4, 0.5) is 4.79 Å². The number of hydrogen-bond acceptors (Lipinski definition) is 4. The van der Waals surface area contributed by atoms with Gasteiger partial charge >= 0.3 is 6.03 Å². The van der Waals surface area contributed by atoms with Crippen molar-refractivity contribution in [2.75, 3.05) is 13.1 Å². The molecule has 0 radical (unpaired) electrons. The number of pyridine rings is 1. The highest BCUT2D eigenvalue weighted by atomic mass is 16.5. The van der Waals surface area contributed by atoms with Gasteiger partial charge in [-0.25, -0.2) is 4.79 Å². The quantitative estimate of drug-likeness (QED) is 0.903. The van der Waals surface area contributed by atoms with E-state index >= 15 is 0 Å². The van der Waals surface area contributed by atoms with E-state index in [-0.39, 0.29) is 18.2 Å². The zero-order valence-electron chi connectivity index (χ0n) is 15.0. The fraction of sp³-hybridized carbons (Fsp3) is 0.500. The Kier molecular flexibility index (Phi) is 5.21. The Balaban J connectivity index is 1.47. The van der Waals surface area contributed by atoms with Crippen LogP contribution < -0.4 is 10.1 Å². The summed E-state index contributed by atoms with van der Waals surface area (Å²) in [5.74, 6) is 0.743. The molecule has 2 unspecified atom stereocenters. The van der Waals surface area contributed by atoms with E-state index < -0.39 is 0 Å². The summed E-state index contributed by atoms with van der Waals surface area (Å²) >= 11 is 0. The number of carbonyl (C=O) groups is 1. The van der Waals surface area contributed by atoms with Gasteiger partial charge in [-0.15, -0.1) is 0 Å². The topological polar surface area (TPSA) is 72.3 Å². The molecule has 0 bridgehead atoms. The van der Waals surface area contributed by atoms with Crippen LogP contribution in [-0.4, -0.2) is 50.9 Å². The van der Waals surface area contributed by atoms with Gasteiger partial charge in [-0.05, 0) is 39.0 Å². The van der Waals surface area contributed by atoms with Gasteiger partial charge in [0.15, 0.2) is 0 Å².